The van der Waals surface area contributed by atoms with E-state index in [1.165, 1.54) is 0 Å². The van der Waals surface area contributed by atoms with Gasteiger partial charge in [0, 0.05) is 26.0 Å². The van der Waals surface area contributed by atoms with Crippen LogP contribution >= 0.6 is 11.6 Å². The van der Waals surface area contributed by atoms with Crippen molar-refractivity contribution in [2.75, 3.05) is 18.5 Å². The molecule has 0 fully saturated rings. The average Bonchev–Trinajstić information content (AvgIpc) is 2.40. The molecule has 0 spiro atoms. The van der Waals surface area contributed by atoms with Crippen LogP contribution in [-0.4, -0.2) is 28.5 Å². The van der Waals surface area contributed by atoms with E-state index in [1.807, 2.05) is 12.1 Å². The van der Waals surface area contributed by atoms with Crippen molar-refractivity contribution in [1.29, 1.82) is 0 Å². The molecule has 0 saturated heterocycles. The molecule has 0 atom stereocenters. The van der Waals surface area contributed by atoms with Crippen LogP contribution in [-0.2, 0) is 6.42 Å². The lowest BCUT2D eigenvalue weighted by atomic mass is 10.2. The molecule has 2 aromatic heterocycles. The second-order valence-electron chi connectivity index (χ2n) is 3.84. The van der Waals surface area contributed by atoms with E-state index >= 15 is 0 Å². The van der Waals surface area contributed by atoms with Gasteiger partial charge in [-0.3, -0.25) is 4.98 Å². The average molecular weight is 267 g/mol. The van der Waals surface area contributed by atoms with E-state index in [0.717, 1.165) is 18.2 Å². The minimum absolute atomic E-state index is 0.0437. The lowest BCUT2D eigenvalue weighted by Crippen LogP contribution is -2.22. The van der Waals surface area contributed by atoms with Crippen LogP contribution in [0.15, 0.2) is 30.7 Å². The Labute approximate surface area is 109 Å². The third-order valence-corrected chi connectivity index (χ3v) is 2.73. The molecule has 2 aromatic rings. The minimum atomic E-state index is -0.475. The summed E-state index contributed by atoms with van der Waals surface area (Å²) in [4.78, 5) is 13.1. The van der Waals surface area contributed by atoms with Crippen molar-refractivity contribution in [3.8, 4) is 0 Å². The van der Waals surface area contributed by atoms with Crippen molar-refractivity contribution in [3.63, 3.8) is 0 Å². The molecule has 0 aliphatic heterocycles. The summed E-state index contributed by atoms with van der Waals surface area (Å²) < 4.78 is 13.5. The largest absolute Gasteiger partial charge is 0.357 e. The topological polar surface area (TPSA) is 41.9 Å². The lowest BCUT2D eigenvalue weighted by Gasteiger charge is -2.18. The summed E-state index contributed by atoms with van der Waals surface area (Å²) >= 11 is 5.65. The number of rotatable bonds is 4. The van der Waals surface area contributed by atoms with E-state index < -0.39 is 5.82 Å². The molecular weight excluding hydrogens is 255 g/mol. The highest BCUT2D eigenvalue weighted by molar-refractivity contribution is 6.28. The van der Waals surface area contributed by atoms with Crippen LogP contribution in [0.25, 0.3) is 0 Å². The molecule has 2 heterocycles. The maximum absolute atomic E-state index is 13.5. The van der Waals surface area contributed by atoms with Crippen LogP contribution in [0.4, 0.5) is 10.2 Å². The third kappa shape index (κ3) is 3.13. The smallest absolute Gasteiger partial charge is 0.224 e. The summed E-state index contributed by atoms with van der Waals surface area (Å²) in [5.41, 5.74) is 1.14. The van der Waals surface area contributed by atoms with Crippen LogP contribution in [0.2, 0.25) is 5.28 Å². The number of likely N-dealkylation sites (N-methyl/N-ethyl adjacent to an activating group) is 1. The summed E-state index contributed by atoms with van der Waals surface area (Å²) in [5.74, 6) is -0.263. The SMILES string of the molecule is CN(CCc1ccncc1)c1nc(Cl)ncc1F. The maximum Gasteiger partial charge on any atom is 0.224 e. The van der Waals surface area contributed by atoms with E-state index in [4.69, 9.17) is 11.6 Å². The van der Waals surface area contributed by atoms with Crippen molar-refractivity contribution in [2.45, 2.75) is 6.42 Å². The van der Waals surface area contributed by atoms with Crippen molar-refractivity contribution < 1.29 is 4.39 Å². The van der Waals surface area contributed by atoms with Crippen molar-refractivity contribution in [1.82, 2.24) is 15.0 Å². The van der Waals surface area contributed by atoms with Crippen LogP contribution < -0.4 is 4.90 Å². The number of aromatic nitrogens is 3. The molecule has 0 radical (unpaired) electrons. The Morgan fingerprint density at radius 3 is 2.78 bits per heavy atom. The van der Waals surface area contributed by atoms with Gasteiger partial charge in [-0.2, -0.15) is 4.98 Å². The third-order valence-electron chi connectivity index (χ3n) is 2.54. The summed E-state index contributed by atoms with van der Waals surface area (Å²) in [6, 6.07) is 3.86. The van der Waals surface area contributed by atoms with E-state index in [-0.39, 0.29) is 11.1 Å². The monoisotopic (exact) mass is 266 g/mol. The Hall–Kier alpha value is -1.75. The Morgan fingerprint density at radius 2 is 2.06 bits per heavy atom. The number of nitrogens with zero attached hydrogens (tertiary/aromatic N) is 4. The van der Waals surface area contributed by atoms with E-state index in [0.29, 0.717) is 6.54 Å². The van der Waals surface area contributed by atoms with E-state index in [2.05, 4.69) is 15.0 Å². The second kappa shape index (κ2) is 5.73. The van der Waals surface area contributed by atoms with Gasteiger partial charge in [-0.15, -0.1) is 0 Å². The fraction of sp³-hybridized carbons (Fsp3) is 0.250. The molecule has 0 aromatic carbocycles. The maximum atomic E-state index is 13.5. The number of anilines is 1. The number of pyridine rings is 1. The van der Waals surface area contributed by atoms with Gasteiger partial charge in [0.25, 0.3) is 0 Å². The van der Waals surface area contributed by atoms with E-state index in [9.17, 15) is 4.39 Å². The summed E-state index contributed by atoms with van der Waals surface area (Å²) in [6.45, 7) is 0.633. The normalized spacial score (nSPS) is 10.4. The van der Waals surface area contributed by atoms with Crippen molar-refractivity contribution in [2.24, 2.45) is 0 Å². The highest BCUT2D eigenvalue weighted by atomic mass is 35.5. The molecule has 4 nitrogen and oxygen atoms in total. The zero-order chi connectivity index (χ0) is 13.0. The Balaban J connectivity index is 2.03. The van der Waals surface area contributed by atoms with Crippen LogP contribution in [0, 0.1) is 5.82 Å². The molecule has 0 amide bonds. The molecule has 0 bridgehead atoms. The van der Waals surface area contributed by atoms with Gasteiger partial charge in [0.15, 0.2) is 11.6 Å². The van der Waals surface area contributed by atoms with Crippen LogP contribution in [0.3, 0.4) is 0 Å². The molecular formula is C12H12ClFN4. The lowest BCUT2D eigenvalue weighted by molar-refractivity contribution is 0.607. The van der Waals surface area contributed by atoms with Gasteiger partial charge in [0.2, 0.25) is 5.28 Å². The molecule has 18 heavy (non-hydrogen) atoms. The zero-order valence-corrected chi connectivity index (χ0v) is 10.6. The zero-order valence-electron chi connectivity index (χ0n) is 9.85. The molecule has 0 N–H and O–H groups in total. The fourth-order valence-electron chi connectivity index (χ4n) is 1.56. The highest BCUT2D eigenvalue weighted by Gasteiger charge is 2.10. The number of hydrogen-bond donors (Lipinski definition) is 0. The summed E-state index contributed by atoms with van der Waals surface area (Å²) in [7, 11) is 1.77. The second-order valence-corrected chi connectivity index (χ2v) is 4.18. The first-order valence-corrected chi connectivity index (χ1v) is 5.82. The molecule has 0 aliphatic carbocycles. The van der Waals surface area contributed by atoms with Gasteiger partial charge < -0.3 is 4.90 Å². The Morgan fingerprint density at radius 1 is 1.33 bits per heavy atom. The van der Waals surface area contributed by atoms with Gasteiger partial charge in [0.1, 0.15) is 0 Å². The highest BCUT2D eigenvalue weighted by Crippen LogP contribution is 2.16. The molecule has 0 saturated carbocycles. The van der Waals surface area contributed by atoms with Crippen LogP contribution in [0.1, 0.15) is 5.56 Å². The number of halogens is 2. The predicted molar refractivity (Wildman–Crippen MR) is 68.2 cm³/mol. The molecule has 0 unspecified atom stereocenters. The van der Waals surface area contributed by atoms with Crippen LogP contribution in [0.5, 0.6) is 0 Å². The van der Waals surface area contributed by atoms with Gasteiger partial charge in [-0.1, -0.05) is 0 Å². The molecule has 0 aliphatic rings. The standard InChI is InChI=1S/C12H12ClFN4/c1-18(7-4-9-2-5-15-6-3-9)11-10(14)8-16-12(13)17-11/h2-3,5-6,8H,4,7H2,1H3. The van der Waals surface area contributed by atoms with Crippen molar-refractivity contribution in [3.05, 3.63) is 47.4 Å². The first-order chi connectivity index (χ1) is 8.66. The quantitative estimate of drug-likeness (QED) is 0.797. The molecule has 2 rings (SSSR count). The van der Waals surface area contributed by atoms with Gasteiger partial charge >= 0.3 is 0 Å². The van der Waals surface area contributed by atoms with Gasteiger partial charge in [0.05, 0.1) is 6.20 Å². The first kappa shape index (κ1) is 12.7. The summed E-state index contributed by atoms with van der Waals surface area (Å²) in [5, 5.41) is 0.0437. The summed E-state index contributed by atoms with van der Waals surface area (Å²) in [6.07, 6.45) is 5.32. The van der Waals surface area contributed by atoms with Crippen molar-refractivity contribution >= 4 is 17.4 Å². The van der Waals surface area contributed by atoms with E-state index in [1.54, 1.807) is 24.3 Å². The molecule has 6 heteroatoms. The predicted octanol–water partition coefficient (Wildman–Crippen LogP) is 2.34. The fourth-order valence-corrected chi connectivity index (χ4v) is 1.69. The minimum Gasteiger partial charge on any atom is -0.357 e. The van der Waals surface area contributed by atoms with Gasteiger partial charge in [-0.05, 0) is 35.7 Å². The molecule has 94 valence electrons. The Bertz CT molecular complexity index is 521. The van der Waals surface area contributed by atoms with Gasteiger partial charge in [-0.25, -0.2) is 9.37 Å². The first-order valence-electron chi connectivity index (χ1n) is 5.45. The number of hydrogen-bond acceptors (Lipinski definition) is 4. The Kier molecular flexibility index (Phi) is 4.04.